The summed E-state index contributed by atoms with van der Waals surface area (Å²) in [6.07, 6.45) is 1.80. The molecular formula is C30H22N4O2. The Morgan fingerprint density at radius 3 is 2.36 bits per heavy atom. The molecule has 0 atom stereocenters. The highest BCUT2D eigenvalue weighted by Gasteiger charge is 2.32. The van der Waals surface area contributed by atoms with E-state index in [1.54, 1.807) is 18.1 Å². The molecule has 1 aromatic heterocycles. The molecule has 1 aliphatic rings. The summed E-state index contributed by atoms with van der Waals surface area (Å²) < 4.78 is 5.25. The van der Waals surface area contributed by atoms with Crippen molar-refractivity contribution >= 4 is 34.5 Å². The van der Waals surface area contributed by atoms with Crippen LogP contribution in [-0.4, -0.2) is 28.8 Å². The summed E-state index contributed by atoms with van der Waals surface area (Å²) in [6, 6.07) is 33.0. The lowest BCUT2D eigenvalue weighted by Crippen LogP contribution is -2.32. The van der Waals surface area contributed by atoms with E-state index in [-0.39, 0.29) is 5.91 Å². The normalized spacial score (nSPS) is 14.5. The Hall–Kier alpha value is -4.97. The number of ether oxygens (including phenoxy) is 1. The molecule has 6 rings (SSSR count). The van der Waals surface area contributed by atoms with Gasteiger partial charge >= 0.3 is 0 Å². The van der Waals surface area contributed by atoms with Crippen molar-refractivity contribution in [2.24, 2.45) is 4.99 Å². The first-order chi connectivity index (χ1) is 17.7. The maximum atomic E-state index is 13.7. The van der Waals surface area contributed by atoms with E-state index in [0.29, 0.717) is 11.5 Å². The summed E-state index contributed by atoms with van der Waals surface area (Å²) >= 11 is 0. The minimum absolute atomic E-state index is 0.188. The Bertz CT molecular complexity index is 1600. The number of carbonyl (C=O) groups is 1. The minimum Gasteiger partial charge on any atom is -0.497 e. The van der Waals surface area contributed by atoms with Crippen LogP contribution in [0.15, 0.2) is 114 Å². The summed E-state index contributed by atoms with van der Waals surface area (Å²) in [7, 11) is 1.63. The Balaban J connectivity index is 1.42. The van der Waals surface area contributed by atoms with E-state index in [4.69, 9.17) is 14.7 Å². The number of benzene rings is 4. The fourth-order valence-electron chi connectivity index (χ4n) is 4.28. The van der Waals surface area contributed by atoms with E-state index in [0.717, 1.165) is 45.0 Å². The number of imidazole rings is 1. The predicted octanol–water partition coefficient (Wildman–Crippen LogP) is 6.07. The van der Waals surface area contributed by atoms with Gasteiger partial charge in [0.25, 0.3) is 5.91 Å². The van der Waals surface area contributed by atoms with Gasteiger partial charge in [-0.1, -0.05) is 66.7 Å². The van der Waals surface area contributed by atoms with E-state index in [1.807, 2.05) is 103 Å². The van der Waals surface area contributed by atoms with Crippen LogP contribution in [0, 0.1) is 0 Å². The van der Waals surface area contributed by atoms with Crippen molar-refractivity contribution in [1.29, 1.82) is 0 Å². The Kier molecular flexibility index (Phi) is 5.39. The average Bonchev–Trinajstić information content (AvgIpc) is 3.51. The third-order valence-corrected chi connectivity index (χ3v) is 6.08. The molecule has 0 spiro atoms. The summed E-state index contributed by atoms with van der Waals surface area (Å²) in [4.78, 5) is 28.2. The van der Waals surface area contributed by atoms with Gasteiger partial charge in [0, 0.05) is 11.1 Å². The number of methoxy groups -OCH3 is 1. The largest absolute Gasteiger partial charge is 0.497 e. The summed E-state index contributed by atoms with van der Waals surface area (Å²) in [5.41, 5.74) is 5.56. The average molecular weight is 471 g/mol. The van der Waals surface area contributed by atoms with Crippen LogP contribution < -0.4 is 9.64 Å². The number of anilines is 1. The highest BCUT2D eigenvalue weighted by molar-refractivity contribution is 6.33. The quantitative estimate of drug-likeness (QED) is 0.317. The van der Waals surface area contributed by atoms with Crippen LogP contribution in [0.2, 0.25) is 0 Å². The maximum absolute atomic E-state index is 13.7. The van der Waals surface area contributed by atoms with Crippen molar-refractivity contribution in [3.8, 4) is 17.1 Å². The van der Waals surface area contributed by atoms with Crippen LogP contribution in [0.5, 0.6) is 5.75 Å². The first-order valence-electron chi connectivity index (χ1n) is 11.6. The van der Waals surface area contributed by atoms with Crippen LogP contribution in [0.1, 0.15) is 11.1 Å². The lowest BCUT2D eigenvalue weighted by atomic mass is 10.1. The number of hydrogen-bond acceptors (Lipinski definition) is 4. The molecule has 6 nitrogen and oxygen atoms in total. The Labute approximate surface area is 208 Å². The topological polar surface area (TPSA) is 70.6 Å². The molecule has 1 aliphatic heterocycles. The Morgan fingerprint density at radius 2 is 1.58 bits per heavy atom. The van der Waals surface area contributed by atoms with Crippen LogP contribution in [0.3, 0.4) is 0 Å². The second-order valence-electron chi connectivity index (χ2n) is 8.40. The van der Waals surface area contributed by atoms with Gasteiger partial charge in [0.05, 0.1) is 23.8 Å². The van der Waals surface area contributed by atoms with Crippen molar-refractivity contribution in [2.45, 2.75) is 0 Å². The minimum atomic E-state index is -0.188. The number of carbonyl (C=O) groups excluding carboxylic acids is 1. The van der Waals surface area contributed by atoms with Crippen molar-refractivity contribution < 1.29 is 9.53 Å². The van der Waals surface area contributed by atoms with E-state index >= 15 is 0 Å². The molecule has 0 aliphatic carbocycles. The molecule has 6 heteroatoms. The predicted molar refractivity (Wildman–Crippen MR) is 143 cm³/mol. The molecule has 0 fully saturated rings. The molecule has 174 valence electrons. The SMILES string of the molecule is COc1ccc(/C=C2\N=C(c3ccccc3)N(c3cccc(-c4nc5ccccc5[nH]4)c3)C2=O)cc1. The van der Waals surface area contributed by atoms with E-state index in [9.17, 15) is 4.79 Å². The molecule has 0 unspecified atom stereocenters. The third kappa shape index (κ3) is 3.95. The highest BCUT2D eigenvalue weighted by Crippen LogP contribution is 2.31. The fourth-order valence-corrected chi connectivity index (χ4v) is 4.28. The summed E-state index contributed by atoms with van der Waals surface area (Å²) in [5.74, 6) is 1.90. The van der Waals surface area contributed by atoms with Crippen molar-refractivity contribution in [3.05, 3.63) is 120 Å². The molecule has 0 radical (unpaired) electrons. The van der Waals surface area contributed by atoms with E-state index < -0.39 is 0 Å². The number of H-pyrrole nitrogens is 1. The van der Waals surface area contributed by atoms with Gasteiger partial charge in [0.1, 0.15) is 23.1 Å². The van der Waals surface area contributed by atoms with Gasteiger partial charge in [-0.2, -0.15) is 0 Å². The lowest BCUT2D eigenvalue weighted by Gasteiger charge is -2.19. The zero-order chi connectivity index (χ0) is 24.5. The molecule has 0 saturated carbocycles. The zero-order valence-corrected chi connectivity index (χ0v) is 19.6. The molecule has 1 N–H and O–H groups in total. The first kappa shape index (κ1) is 21.6. The number of nitrogens with zero attached hydrogens (tertiary/aromatic N) is 3. The molecule has 2 heterocycles. The number of rotatable bonds is 5. The number of nitrogens with one attached hydrogen (secondary N) is 1. The number of para-hydroxylation sites is 2. The summed E-state index contributed by atoms with van der Waals surface area (Å²) in [5, 5.41) is 0. The van der Waals surface area contributed by atoms with Crippen LogP contribution in [0.4, 0.5) is 5.69 Å². The van der Waals surface area contributed by atoms with Crippen molar-refractivity contribution in [1.82, 2.24) is 9.97 Å². The number of aromatic amines is 1. The molecule has 36 heavy (non-hydrogen) atoms. The van der Waals surface area contributed by atoms with E-state index in [1.165, 1.54) is 0 Å². The smallest absolute Gasteiger partial charge is 0.282 e. The standard InChI is InChI=1S/C30H22N4O2/c1-36-24-16-14-20(15-17-24)18-27-30(35)34(29(33-27)21-8-3-2-4-9-21)23-11-7-10-22(19-23)28-31-25-12-5-6-13-26(25)32-28/h2-19H,1H3,(H,31,32)/b27-18-. The van der Waals surface area contributed by atoms with Crippen LogP contribution in [-0.2, 0) is 4.79 Å². The number of fused-ring (bicyclic) bond motifs is 1. The number of hydrogen-bond donors (Lipinski definition) is 1. The second kappa shape index (κ2) is 9.00. The first-order valence-corrected chi connectivity index (χ1v) is 11.6. The van der Waals surface area contributed by atoms with Gasteiger partial charge in [-0.3, -0.25) is 9.69 Å². The maximum Gasteiger partial charge on any atom is 0.282 e. The molecule has 4 aromatic carbocycles. The molecular weight excluding hydrogens is 448 g/mol. The molecule has 0 saturated heterocycles. The lowest BCUT2D eigenvalue weighted by molar-refractivity contribution is -0.113. The van der Waals surface area contributed by atoms with Crippen molar-refractivity contribution in [2.75, 3.05) is 12.0 Å². The van der Waals surface area contributed by atoms with Crippen LogP contribution in [0.25, 0.3) is 28.5 Å². The van der Waals surface area contributed by atoms with Gasteiger partial charge < -0.3 is 9.72 Å². The zero-order valence-electron chi connectivity index (χ0n) is 19.6. The summed E-state index contributed by atoms with van der Waals surface area (Å²) in [6.45, 7) is 0. The molecule has 5 aromatic rings. The Morgan fingerprint density at radius 1 is 0.833 bits per heavy atom. The highest BCUT2D eigenvalue weighted by atomic mass is 16.5. The molecule has 0 bridgehead atoms. The number of amides is 1. The molecule has 1 amide bonds. The fraction of sp³-hybridized carbons (Fsp3) is 0.0333. The van der Waals surface area contributed by atoms with Crippen LogP contribution >= 0.6 is 0 Å². The number of aromatic nitrogens is 2. The number of aliphatic imine (C=N–C) groups is 1. The van der Waals surface area contributed by atoms with Gasteiger partial charge in [-0.25, -0.2) is 9.98 Å². The van der Waals surface area contributed by atoms with E-state index in [2.05, 4.69) is 4.98 Å². The van der Waals surface area contributed by atoms with Gasteiger partial charge in [-0.15, -0.1) is 0 Å². The van der Waals surface area contributed by atoms with Gasteiger partial charge in [0.2, 0.25) is 0 Å². The number of amidine groups is 1. The monoisotopic (exact) mass is 470 g/mol. The second-order valence-corrected chi connectivity index (χ2v) is 8.40. The van der Waals surface area contributed by atoms with Gasteiger partial charge in [0.15, 0.2) is 0 Å². The third-order valence-electron chi connectivity index (χ3n) is 6.08. The van der Waals surface area contributed by atoms with Crippen molar-refractivity contribution in [3.63, 3.8) is 0 Å². The van der Waals surface area contributed by atoms with Gasteiger partial charge in [-0.05, 0) is 48.0 Å².